The van der Waals surface area contributed by atoms with Crippen LogP contribution in [0, 0.1) is 5.92 Å². The molecule has 1 aliphatic heterocycles. The van der Waals surface area contributed by atoms with E-state index in [1.807, 2.05) is 18.2 Å². The summed E-state index contributed by atoms with van der Waals surface area (Å²) < 4.78 is 0. The van der Waals surface area contributed by atoms with E-state index >= 15 is 0 Å². The van der Waals surface area contributed by atoms with E-state index in [-0.39, 0.29) is 11.7 Å². The average molecular weight is 331 g/mol. The van der Waals surface area contributed by atoms with Gasteiger partial charge in [-0.3, -0.25) is 9.69 Å². The van der Waals surface area contributed by atoms with Crippen molar-refractivity contribution in [1.82, 2.24) is 9.80 Å². The molecular weight excluding hydrogens is 308 g/mol. The van der Waals surface area contributed by atoms with E-state index in [1.54, 1.807) is 6.92 Å². The molecule has 0 saturated carbocycles. The molecule has 1 saturated heterocycles. The summed E-state index contributed by atoms with van der Waals surface area (Å²) in [6, 6.07) is 8.10. The highest BCUT2D eigenvalue weighted by Gasteiger charge is 2.20. The van der Waals surface area contributed by atoms with Gasteiger partial charge in [-0.1, -0.05) is 35.9 Å². The van der Waals surface area contributed by atoms with Crippen LogP contribution in [-0.2, 0) is 11.3 Å². The Bertz CT molecular complexity index is 630. The zero-order chi connectivity index (χ0) is 16.2. The van der Waals surface area contributed by atoms with E-state index in [4.69, 9.17) is 11.6 Å². The second kappa shape index (κ2) is 7.33. The summed E-state index contributed by atoms with van der Waals surface area (Å²) in [7, 11) is 0. The number of rotatable bonds is 4. The average Bonchev–Trinajstić information content (AvgIpc) is 2.56. The van der Waals surface area contributed by atoms with Gasteiger partial charge in [-0.25, -0.2) is 0 Å². The Labute approximate surface area is 143 Å². The molecule has 23 heavy (non-hydrogen) atoms. The van der Waals surface area contributed by atoms with Crippen LogP contribution in [0.2, 0.25) is 5.02 Å². The van der Waals surface area contributed by atoms with Crippen molar-refractivity contribution in [2.75, 3.05) is 26.2 Å². The molecule has 0 spiro atoms. The fourth-order valence-electron chi connectivity index (χ4n) is 3.20. The molecule has 0 radical (unpaired) electrons. The Morgan fingerprint density at radius 2 is 2.04 bits per heavy atom. The summed E-state index contributed by atoms with van der Waals surface area (Å²) >= 11 is 6.06. The van der Waals surface area contributed by atoms with E-state index in [0.717, 1.165) is 44.2 Å². The largest absolute Gasteiger partial charge is 0.369 e. The lowest BCUT2D eigenvalue weighted by Crippen LogP contribution is -2.45. The lowest BCUT2D eigenvalue weighted by atomic mass is 9.95. The third-order valence-corrected chi connectivity index (χ3v) is 4.87. The van der Waals surface area contributed by atoms with Gasteiger partial charge in [0.1, 0.15) is 5.78 Å². The summed E-state index contributed by atoms with van der Waals surface area (Å²) in [5.74, 6) is 0.325. The van der Waals surface area contributed by atoms with Crippen LogP contribution in [0.1, 0.15) is 18.9 Å². The first-order chi connectivity index (χ1) is 11.1. The van der Waals surface area contributed by atoms with Gasteiger partial charge in [0.15, 0.2) is 0 Å². The van der Waals surface area contributed by atoms with Crippen molar-refractivity contribution in [3.05, 3.63) is 58.8 Å². The minimum Gasteiger partial charge on any atom is -0.369 e. The van der Waals surface area contributed by atoms with Crippen molar-refractivity contribution in [3.63, 3.8) is 0 Å². The molecule has 0 bridgehead atoms. The highest BCUT2D eigenvalue weighted by Crippen LogP contribution is 2.21. The zero-order valence-corrected chi connectivity index (χ0v) is 14.3. The lowest BCUT2D eigenvalue weighted by Gasteiger charge is -2.37. The molecule has 2 aliphatic rings. The van der Waals surface area contributed by atoms with Gasteiger partial charge >= 0.3 is 0 Å². The number of nitrogens with zero attached hydrogens (tertiary/aromatic N) is 2. The van der Waals surface area contributed by atoms with E-state index < -0.39 is 0 Å². The number of ketones is 1. The van der Waals surface area contributed by atoms with Crippen LogP contribution in [-0.4, -0.2) is 41.8 Å². The maximum absolute atomic E-state index is 11.4. The van der Waals surface area contributed by atoms with E-state index in [1.165, 1.54) is 11.3 Å². The van der Waals surface area contributed by atoms with Crippen LogP contribution < -0.4 is 0 Å². The number of Topliss-reactive ketones (excluding diaryl/α,β-unsaturated/α-hetero) is 1. The van der Waals surface area contributed by atoms with E-state index in [2.05, 4.69) is 34.1 Å². The smallest absolute Gasteiger partial charge is 0.136 e. The van der Waals surface area contributed by atoms with Gasteiger partial charge in [-0.15, -0.1) is 0 Å². The third kappa shape index (κ3) is 4.24. The van der Waals surface area contributed by atoms with Crippen LogP contribution in [0.5, 0.6) is 0 Å². The summed E-state index contributed by atoms with van der Waals surface area (Å²) in [4.78, 5) is 16.3. The predicted octanol–water partition coefficient (Wildman–Crippen LogP) is 3.51. The molecule has 0 amide bonds. The Morgan fingerprint density at radius 3 is 2.65 bits per heavy atom. The molecule has 1 aromatic rings. The highest BCUT2D eigenvalue weighted by atomic mass is 35.5. The number of piperazine rings is 1. The Balaban J connectivity index is 1.51. The van der Waals surface area contributed by atoms with Crippen LogP contribution in [0.3, 0.4) is 0 Å². The molecular formula is C19H23ClN2O. The Morgan fingerprint density at radius 1 is 1.26 bits per heavy atom. The summed E-state index contributed by atoms with van der Waals surface area (Å²) in [5.41, 5.74) is 2.54. The fraction of sp³-hybridized carbons (Fsp3) is 0.421. The van der Waals surface area contributed by atoms with Crippen molar-refractivity contribution < 1.29 is 4.79 Å². The van der Waals surface area contributed by atoms with Crippen molar-refractivity contribution in [2.24, 2.45) is 5.92 Å². The van der Waals surface area contributed by atoms with Crippen LogP contribution in [0.25, 0.3) is 0 Å². The molecule has 0 N–H and O–H groups in total. The van der Waals surface area contributed by atoms with E-state index in [9.17, 15) is 4.79 Å². The van der Waals surface area contributed by atoms with Crippen LogP contribution in [0.15, 0.2) is 48.2 Å². The topological polar surface area (TPSA) is 23.6 Å². The van der Waals surface area contributed by atoms with Gasteiger partial charge < -0.3 is 4.90 Å². The number of benzene rings is 1. The summed E-state index contributed by atoms with van der Waals surface area (Å²) in [5, 5.41) is 0.804. The van der Waals surface area contributed by atoms with Crippen molar-refractivity contribution >= 4 is 17.4 Å². The van der Waals surface area contributed by atoms with Gasteiger partial charge in [0.25, 0.3) is 0 Å². The molecule has 1 heterocycles. The van der Waals surface area contributed by atoms with Gasteiger partial charge in [0, 0.05) is 49.4 Å². The molecule has 3 rings (SSSR count). The first-order valence-corrected chi connectivity index (χ1v) is 8.60. The number of carbonyl (C=O) groups is 1. The maximum atomic E-state index is 11.4. The first-order valence-electron chi connectivity index (χ1n) is 8.22. The van der Waals surface area contributed by atoms with Crippen molar-refractivity contribution in [1.29, 1.82) is 0 Å². The monoisotopic (exact) mass is 330 g/mol. The third-order valence-electron chi connectivity index (χ3n) is 4.64. The molecule has 122 valence electrons. The number of hydrogen-bond donors (Lipinski definition) is 0. The second-order valence-corrected chi connectivity index (χ2v) is 6.77. The van der Waals surface area contributed by atoms with Gasteiger partial charge in [0.05, 0.1) is 0 Å². The quantitative estimate of drug-likeness (QED) is 0.844. The minimum atomic E-state index is 0.0721. The fourth-order valence-corrected chi connectivity index (χ4v) is 3.42. The maximum Gasteiger partial charge on any atom is 0.136 e. The Kier molecular flexibility index (Phi) is 5.19. The normalized spacial score (nSPS) is 22.1. The van der Waals surface area contributed by atoms with Crippen LogP contribution >= 0.6 is 11.6 Å². The molecule has 1 atom stereocenters. The number of carbonyl (C=O) groups excluding carboxylic acids is 1. The van der Waals surface area contributed by atoms with Crippen molar-refractivity contribution in [3.8, 4) is 0 Å². The van der Waals surface area contributed by atoms with Crippen molar-refractivity contribution in [2.45, 2.75) is 19.9 Å². The standard InChI is InChI=1S/C19H23ClN2O/c1-15(23)17-5-7-19(8-6-17)22-11-9-21(10-12-22)14-16-3-2-4-18(20)13-16/h2-5,7-8,13,17H,6,9-12,14H2,1H3. The molecule has 3 nitrogen and oxygen atoms in total. The molecule has 4 heteroatoms. The molecule has 0 aromatic heterocycles. The van der Waals surface area contributed by atoms with Gasteiger partial charge in [-0.05, 0) is 37.1 Å². The predicted molar refractivity (Wildman–Crippen MR) is 94.3 cm³/mol. The zero-order valence-electron chi connectivity index (χ0n) is 13.5. The number of allylic oxidation sites excluding steroid dienone is 3. The first kappa shape index (κ1) is 16.3. The SMILES string of the molecule is CC(=O)C1C=CC(N2CCN(Cc3cccc(Cl)c3)CC2)=CC1. The van der Waals surface area contributed by atoms with Crippen LogP contribution in [0.4, 0.5) is 0 Å². The lowest BCUT2D eigenvalue weighted by molar-refractivity contribution is -0.119. The molecule has 1 fully saturated rings. The molecule has 1 unspecified atom stereocenters. The second-order valence-electron chi connectivity index (χ2n) is 6.33. The summed E-state index contributed by atoms with van der Waals surface area (Å²) in [6.45, 7) is 6.78. The minimum absolute atomic E-state index is 0.0721. The molecule has 1 aromatic carbocycles. The Hall–Kier alpha value is -1.58. The van der Waals surface area contributed by atoms with Gasteiger partial charge in [0.2, 0.25) is 0 Å². The van der Waals surface area contributed by atoms with E-state index in [0.29, 0.717) is 0 Å². The number of hydrogen-bond acceptors (Lipinski definition) is 3. The highest BCUT2D eigenvalue weighted by molar-refractivity contribution is 6.30. The molecule has 1 aliphatic carbocycles. The van der Waals surface area contributed by atoms with Gasteiger partial charge in [-0.2, -0.15) is 0 Å². The number of halogens is 1. The summed E-state index contributed by atoms with van der Waals surface area (Å²) in [6.07, 6.45) is 7.21.